The number of carbonyl (C=O) groups excluding carboxylic acids is 1. The van der Waals surface area contributed by atoms with E-state index in [1.165, 1.54) is 18.5 Å². The number of H-pyrrole nitrogens is 1. The van der Waals surface area contributed by atoms with Crippen LogP contribution >= 0.6 is 11.3 Å². The zero-order valence-corrected chi connectivity index (χ0v) is 14.8. The van der Waals surface area contributed by atoms with Crippen molar-refractivity contribution in [3.05, 3.63) is 63.4 Å². The van der Waals surface area contributed by atoms with Crippen LogP contribution in [0.25, 0.3) is 11.3 Å². The Bertz CT molecular complexity index is 947. The van der Waals surface area contributed by atoms with Gasteiger partial charge in [0, 0.05) is 48.4 Å². The first-order valence-corrected chi connectivity index (χ1v) is 9.34. The maximum absolute atomic E-state index is 12.5. The van der Waals surface area contributed by atoms with Gasteiger partial charge in [-0.25, -0.2) is 9.97 Å². The highest BCUT2D eigenvalue weighted by Gasteiger charge is 2.26. The largest absolute Gasteiger partial charge is 0.337 e. The van der Waals surface area contributed by atoms with E-state index in [0.29, 0.717) is 30.3 Å². The van der Waals surface area contributed by atoms with Gasteiger partial charge in [-0.3, -0.25) is 14.6 Å². The summed E-state index contributed by atoms with van der Waals surface area (Å²) in [5, 5.41) is 3.95. The summed E-state index contributed by atoms with van der Waals surface area (Å²) in [6.07, 6.45) is 6.05. The molecule has 0 bridgehead atoms. The molecule has 4 heterocycles. The minimum atomic E-state index is -0.144. The van der Waals surface area contributed by atoms with Crippen molar-refractivity contribution in [2.75, 3.05) is 13.1 Å². The Hall–Kier alpha value is -2.87. The molecule has 0 saturated carbocycles. The van der Waals surface area contributed by atoms with Gasteiger partial charge in [-0.05, 0) is 24.3 Å². The van der Waals surface area contributed by atoms with Gasteiger partial charge in [-0.1, -0.05) is 0 Å². The maximum Gasteiger partial charge on any atom is 0.274 e. The Morgan fingerprint density at radius 3 is 2.81 bits per heavy atom. The molecule has 0 aromatic carbocycles. The Balaban J connectivity index is 1.48. The Morgan fingerprint density at radius 2 is 2.12 bits per heavy atom. The van der Waals surface area contributed by atoms with Crippen LogP contribution in [0.1, 0.15) is 35.1 Å². The summed E-state index contributed by atoms with van der Waals surface area (Å²) in [6.45, 7) is 1.21. The third kappa shape index (κ3) is 3.41. The first-order valence-electron chi connectivity index (χ1n) is 8.40. The number of amides is 1. The number of piperidine rings is 1. The molecule has 3 aromatic rings. The van der Waals surface area contributed by atoms with Gasteiger partial charge in [0.25, 0.3) is 11.5 Å². The molecule has 0 atom stereocenters. The SMILES string of the molecule is O=C(c1cnccn1)N1CCC(c2nc(-c3ccsc3)cc(=O)[nH]2)CC1. The van der Waals surface area contributed by atoms with Gasteiger partial charge in [0.1, 0.15) is 11.5 Å². The third-order valence-corrected chi connectivity index (χ3v) is 5.21. The average molecular weight is 367 g/mol. The van der Waals surface area contributed by atoms with Crippen LogP contribution in [0.3, 0.4) is 0 Å². The van der Waals surface area contributed by atoms with Crippen LogP contribution in [0.5, 0.6) is 0 Å². The Labute approximate surface area is 153 Å². The molecule has 0 aliphatic carbocycles. The minimum absolute atomic E-state index is 0.106. The molecule has 8 heteroatoms. The van der Waals surface area contributed by atoms with Gasteiger partial charge in [0.05, 0.1) is 11.9 Å². The van der Waals surface area contributed by atoms with E-state index >= 15 is 0 Å². The van der Waals surface area contributed by atoms with E-state index in [1.54, 1.807) is 22.4 Å². The maximum atomic E-state index is 12.5. The summed E-state index contributed by atoms with van der Waals surface area (Å²) >= 11 is 1.58. The fourth-order valence-electron chi connectivity index (χ4n) is 3.16. The topological polar surface area (TPSA) is 91.8 Å². The molecule has 4 rings (SSSR count). The first kappa shape index (κ1) is 16.6. The molecular formula is C18H17N5O2S. The van der Waals surface area contributed by atoms with Crippen molar-refractivity contribution in [1.82, 2.24) is 24.8 Å². The van der Waals surface area contributed by atoms with Gasteiger partial charge in [-0.2, -0.15) is 11.3 Å². The van der Waals surface area contributed by atoms with Crippen LogP contribution in [-0.4, -0.2) is 43.8 Å². The van der Waals surface area contributed by atoms with Crippen molar-refractivity contribution in [2.24, 2.45) is 0 Å². The summed E-state index contributed by atoms with van der Waals surface area (Å²) in [7, 11) is 0. The Morgan fingerprint density at radius 1 is 1.27 bits per heavy atom. The van der Waals surface area contributed by atoms with E-state index in [2.05, 4.69) is 19.9 Å². The van der Waals surface area contributed by atoms with Crippen molar-refractivity contribution in [2.45, 2.75) is 18.8 Å². The van der Waals surface area contributed by atoms with E-state index in [0.717, 1.165) is 18.4 Å². The normalized spacial score (nSPS) is 15.2. The summed E-state index contributed by atoms with van der Waals surface area (Å²) in [6, 6.07) is 3.48. The lowest BCUT2D eigenvalue weighted by atomic mass is 9.95. The molecule has 7 nitrogen and oxygen atoms in total. The highest BCUT2D eigenvalue weighted by Crippen LogP contribution is 2.27. The van der Waals surface area contributed by atoms with E-state index < -0.39 is 0 Å². The summed E-state index contributed by atoms with van der Waals surface area (Å²) < 4.78 is 0. The number of likely N-dealkylation sites (tertiary alicyclic amines) is 1. The molecule has 0 unspecified atom stereocenters. The molecule has 132 valence electrons. The van der Waals surface area contributed by atoms with Crippen LogP contribution in [0.4, 0.5) is 0 Å². The number of carbonyl (C=O) groups is 1. The van der Waals surface area contributed by atoms with Gasteiger partial charge in [0.15, 0.2) is 0 Å². The molecule has 26 heavy (non-hydrogen) atoms. The molecule has 1 aliphatic heterocycles. The highest BCUT2D eigenvalue weighted by atomic mass is 32.1. The van der Waals surface area contributed by atoms with Crippen molar-refractivity contribution in [1.29, 1.82) is 0 Å². The monoisotopic (exact) mass is 367 g/mol. The van der Waals surface area contributed by atoms with Crippen LogP contribution in [-0.2, 0) is 0 Å². The van der Waals surface area contributed by atoms with Crippen LogP contribution in [0.15, 0.2) is 46.3 Å². The van der Waals surface area contributed by atoms with E-state index in [1.807, 2.05) is 16.8 Å². The van der Waals surface area contributed by atoms with Crippen molar-refractivity contribution < 1.29 is 4.79 Å². The molecular weight excluding hydrogens is 350 g/mol. The van der Waals surface area contributed by atoms with E-state index in [4.69, 9.17) is 0 Å². The molecule has 1 aliphatic rings. The number of aromatic nitrogens is 4. The number of rotatable bonds is 3. The second-order valence-electron chi connectivity index (χ2n) is 6.19. The number of hydrogen-bond acceptors (Lipinski definition) is 6. The van der Waals surface area contributed by atoms with Crippen molar-refractivity contribution >= 4 is 17.2 Å². The fraction of sp³-hybridized carbons (Fsp3) is 0.278. The quantitative estimate of drug-likeness (QED) is 0.767. The molecule has 0 radical (unpaired) electrons. The van der Waals surface area contributed by atoms with Crippen molar-refractivity contribution in [3.8, 4) is 11.3 Å². The molecule has 1 fully saturated rings. The Kier molecular flexibility index (Phi) is 4.57. The lowest BCUT2D eigenvalue weighted by Gasteiger charge is -2.31. The van der Waals surface area contributed by atoms with E-state index in [9.17, 15) is 9.59 Å². The number of thiophene rings is 1. The zero-order chi connectivity index (χ0) is 17.9. The van der Waals surface area contributed by atoms with E-state index in [-0.39, 0.29) is 17.4 Å². The summed E-state index contributed by atoms with van der Waals surface area (Å²) in [5.41, 5.74) is 1.87. The second-order valence-corrected chi connectivity index (χ2v) is 6.97. The van der Waals surface area contributed by atoms with Gasteiger partial charge in [0.2, 0.25) is 0 Å². The van der Waals surface area contributed by atoms with Crippen LogP contribution < -0.4 is 5.56 Å². The molecule has 1 saturated heterocycles. The van der Waals surface area contributed by atoms with Gasteiger partial charge >= 0.3 is 0 Å². The van der Waals surface area contributed by atoms with Crippen LogP contribution in [0, 0.1) is 0 Å². The fourth-order valence-corrected chi connectivity index (χ4v) is 3.81. The minimum Gasteiger partial charge on any atom is -0.337 e. The number of hydrogen-bond donors (Lipinski definition) is 1. The summed E-state index contributed by atoms with van der Waals surface area (Å²) in [4.78, 5) is 41.8. The lowest BCUT2D eigenvalue weighted by molar-refractivity contribution is 0.0704. The smallest absolute Gasteiger partial charge is 0.274 e. The molecule has 1 amide bonds. The first-order chi connectivity index (χ1) is 12.7. The molecule has 3 aromatic heterocycles. The van der Waals surface area contributed by atoms with Gasteiger partial charge in [-0.15, -0.1) is 0 Å². The molecule has 0 spiro atoms. The number of aromatic amines is 1. The zero-order valence-electron chi connectivity index (χ0n) is 14.0. The number of nitrogens with one attached hydrogen (secondary N) is 1. The predicted molar refractivity (Wildman–Crippen MR) is 98.1 cm³/mol. The highest BCUT2D eigenvalue weighted by molar-refractivity contribution is 7.08. The predicted octanol–water partition coefficient (Wildman–Crippen LogP) is 2.31. The third-order valence-electron chi connectivity index (χ3n) is 4.53. The molecule has 1 N–H and O–H groups in total. The lowest BCUT2D eigenvalue weighted by Crippen LogP contribution is -2.38. The van der Waals surface area contributed by atoms with Gasteiger partial charge < -0.3 is 9.88 Å². The van der Waals surface area contributed by atoms with Crippen molar-refractivity contribution in [3.63, 3.8) is 0 Å². The second kappa shape index (κ2) is 7.17. The average Bonchev–Trinajstić information content (AvgIpc) is 3.23. The van der Waals surface area contributed by atoms with Crippen LogP contribution in [0.2, 0.25) is 0 Å². The number of nitrogens with zero attached hydrogens (tertiary/aromatic N) is 4. The summed E-state index contributed by atoms with van der Waals surface area (Å²) in [5.74, 6) is 0.725. The standard InChI is InChI=1S/C18H17N5O2S/c24-16-9-14(13-3-8-26-11-13)21-17(22-16)12-1-6-23(7-2-12)18(25)15-10-19-4-5-20-15/h3-5,8-12H,1-2,6-7H2,(H,21,22,24).